The zero-order valence-corrected chi connectivity index (χ0v) is 23.2. The van der Waals surface area contributed by atoms with Gasteiger partial charge < -0.3 is 25.0 Å². The summed E-state index contributed by atoms with van der Waals surface area (Å²) >= 11 is 6.33. The average Bonchev–Trinajstić information content (AvgIpc) is 2.87. The quantitative estimate of drug-likeness (QED) is 0.402. The topological polar surface area (TPSA) is 85.1 Å². The summed E-state index contributed by atoms with van der Waals surface area (Å²) in [4.78, 5) is 29.6. The van der Waals surface area contributed by atoms with Crippen molar-refractivity contribution in [3.8, 4) is 11.5 Å². The Hall–Kier alpha value is -3.71. The van der Waals surface area contributed by atoms with Gasteiger partial charge in [-0.3, -0.25) is 9.59 Å². The maximum Gasteiger partial charge on any atom is 0.232 e. The van der Waals surface area contributed by atoms with Crippen LogP contribution in [0, 0.1) is 0 Å². The van der Waals surface area contributed by atoms with E-state index in [1.54, 1.807) is 24.1 Å². The number of halogens is 1. The fraction of sp³-hybridized carbons (Fsp3) is 0.333. The normalized spacial score (nSPS) is 15.6. The van der Waals surface area contributed by atoms with Crippen LogP contribution in [0.3, 0.4) is 0 Å². The van der Waals surface area contributed by atoms with E-state index < -0.39 is 11.9 Å². The SMILES string of the molecule is CC[C@@H](C)Oc1cc2c(cc1OC)CC(=O)N(c1ccc(N(C)C)cc1)C2c1ccc(Cl)cc1CC(N)=O. The monoisotopic (exact) mass is 535 g/mol. The van der Waals surface area contributed by atoms with Crippen LogP contribution in [-0.4, -0.2) is 39.1 Å². The minimum atomic E-state index is -0.534. The van der Waals surface area contributed by atoms with Crippen molar-refractivity contribution in [3.63, 3.8) is 0 Å². The number of carbonyl (C=O) groups excluding carboxylic acids is 2. The summed E-state index contributed by atoms with van der Waals surface area (Å²) in [5, 5.41) is 0.491. The Morgan fingerprint density at radius 1 is 1.11 bits per heavy atom. The highest BCUT2D eigenvalue weighted by Gasteiger charge is 2.37. The maximum atomic E-state index is 13.8. The minimum Gasteiger partial charge on any atom is -0.493 e. The molecule has 0 aromatic heterocycles. The van der Waals surface area contributed by atoms with E-state index in [1.807, 2.05) is 68.4 Å². The van der Waals surface area contributed by atoms with E-state index in [2.05, 4.69) is 6.92 Å². The van der Waals surface area contributed by atoms with Gasteiger partial charge >= 0.3 is 0 Å². The van der Waals surface area contributed by atoms with Gasteiger partial charge in [-0.2, -0.15) is 0 Å². The number of anilines is 2. The molecule has 0 saturated carbocycles. The van der Waals surface area contributed by atoms with Crippen LogP contribution in [0.5, 0.6) is 11.5 Å². The van der Waals surface area contributed by atoms with Gasteiger partial charge in [0.05, 0.1) is 32.1 Å². The Morgan fingerprint density at radius 3 is 2.42 bits per heavy atom. The highest BCUT2D eigenvalue weighted by atomic mass is 35.5. The van der Waals surface area contributed by atoms with Crippen molar-refractivity contribution in [1.82, 2.24) is 0 Å². The van der Waals surface area contributed by atoms with Gasteiger partial charge in [0, 0.05) is 30.5 Å². The first-order chi connectivity index (χ1) is 18.1. The van der Waals surface area contributed by atoms with E-state index >= 15 is 0 Å². The zero-order valence-electron chi connectivity index (χ0n) is 22.5. The van der Waals surface area contributed by atoms with Gasteiger partial charge in [-0.25, -0.2) is 0 Å². The molecule has 4 rings (SSSR count). The molecule has 38 heavy (non-hydrogen) atoms. The van der Waals surface area contributed by atoms with Gasteiger partial charge in [0.1, 0.15) is 0 Å². The minimum absolute atomic E-state index is 0.00426. The number of amides is 2. The van der Waals surface area contributed by atoms with Crippen LogP contribution in [0.25, 0.3) is 0 Å². The third-order valence-electron chi connectivity index (χ3n) is 6.90. The second kappa shape index (κ2) is 11.4. The lowest BCUT2D eigenvalue weighted by Crippen LogP contribution is -2.41. The summed E-state index contributed by atoms with van der Waals surface area (Å²) in [5.41, 5.74) is 10.6. The molecule has 200 valence electrons. The van der Waals surface area contributed by atoms with Gasteiger partial charge in [0.2, 0.25) is 11.8 Å². The Morgan fingerprint density at radius 2 is 1.82 bits per heavy atom. The molecule has 0 bridgehead atoms. The van der Waals surface area contributed by atoms with E-state index in [9.17, 15) is 9.59 Å². The summed E-state index contributed by atoms with van der Waals surface area (Å²) in [6.45, 7) is 4.06. The van der Waals surface area contributed by atoms with Crippen molar-refractivity contribution in [3.05, 3.63) is 81.9 Å². The largest absolute Gasteiger partial charge is 0.493 e. The molecular weight excluding hydrogens is 502 g/mol. The van der Waals surface area contributed by atoms with Crippen molar-refractivity contribution in [2.75, 3.05) is 31.0 Å². The number of carbonyl (C=O) groups is 2. The lowest BCUT2D eigenvalue weighted by atomic mass is 9.84. The molecule has 0 aliphatic carbocycles. The molecule has 7 nitrogen and oxygen atoms in total. The molecule has 0 spiro atoms. The highest BCUT2D eigenvalue weighted by molar-refractivity contribution is 6.30. The Labute approximate surface area is 229 Å². The molecule has 3 aromatic carbocycles. The van der Waals surface area contributed by atoms with Gasteiger partial charge in [0.15, 0.2) is 11.5 Å². The van der Waals surface area contributed by atoms with E-state index in [0.717, 1.165) is 34.5 Å². The van der Waals surface area contributed by atoms with Crippen molar-refractivity contribution < 1.29 is 19.1 Å². The van der Waals surface area contributed by atoms with E-state index in [0.29, 0.717) is 22.1 Å². The summed E-state index contributed by atoms with van der Waals surface area (Å²) in [6.07, 6.45) is 0.989. The van der Waals surface area contributed by atoms with Crippen LogP contribution < -0.4 is 25.0 Å². The lowest BCUT2D eigenvalue weighted by Gasteiger charge is -2.39. The predicted octanol–water partition coefficient (Wildman–Crippen LogP) is 5.30. The number of benzene rings is 3. The first kappa shape index (κ1) is 27.3. The molecule has 2 amide bonds. The Balaban J connectivity index is 1.96. The second-order valence-corrected chi connectivity index (χ2v) is 10.2. The number of methoxy groups -OCH3 is 1. The third-order valence-corrected chi connectivity index (χ3v) is 7.14. The molecule has 1 aliphatic rings. The van der Waals surface area contributed by atoms with Gasteiger partial charge in [0.25, 0.3) is 0 Å². The molecule has 1 unspecified atom stereocenters. The molecule has 2 N–H and O–H groups in total. The number of primary amides is 1. The molecule has 0 fully saturated rings. The molecule has 1 aliphatic heterocycles. The second-order valence-electron chi connectivity index (χ2n) is 9.78. The van der Waals surface area contributed by atoms with E-state index in [4.69, 9.17) is 26.8 Å². The van der Waals surface area contributed by atoms with Crippen LogP contribution in [-0.2, 0) is 22.4 Å². The number of hydrogen-bond donors (Lipinski definition) is 1. The van der Waals surface area contributed by atoms with Crippen LogP contribution >= 0.6 is 11.6 Å². The number of ether oxygens (including phenoxy) is 2. The summed E-state index contributed by atoms with van der Waals surface area (Å²) < 4.78 is 11.9. The molecule has 0 radical (unpaired) electrons. The van der Waals surface area contributed by atoms with Crippen molar-refractivity contribution >= 4 is 34.8 Å². The summed E-state index contributed by atoms with van der Waals surface area (Å²) in [5.74, 6) is 0.632. The molecule has 1 heterocycles. The first-order valence-corrected chi connectivity index (χ1v) is 13.0. The standard InChI is InChI=1S/C30H34ClN3O4/c1-6-18(2)38-27-17-25-20(14-26(27)37-5)16-29(36)34(23-10-8-22(9-11-23)33(3)4)30(25)24-12-7-21(31)13-19(24)15-28(32)35/h7-14,17-18,30H,6,15-16H2,1-5H3,(H2,32,35)/t18-,30?/m1/s1. The molecule has 0 saturated heterocycles. The number of nitrogens with two attached hydrogens (primary N) is 1. The number of fused-ring (bicyclic) bond motifs is 1. The number of rotatable bonds is 9. The molecule has 2 atom stereocenters. The van der Waals surface area contributed by atoms with Gasteiger partial charge in [-0.15, -0.1) is 0 Å². The summed E-state index contributed by atoms with van der Waals surface area (Å²) in [6, 6.07) is 16.5. The Bertz CT molecular complexity index is 1340. The van der Waals surface area contributed by atoms with Gasteiger partial charge in [-0.1, -0.05) is 24.6 Å². The van der Waals surface area contributed by atoms with Crippen molar-refractivity contribution in [1.29, 1.82) is 0 Å². The molecule has 3 aromatic rings. The lowest BCUT2D eigenvalue weighted by molar-refractivity contribution is -0.119. The van der Waals surface area contributed by atoms with Crippen LogP contribution in [0.15, 0.2) is 54.6 Å². The van der Waals surface area contributed by atoms with E-state index in [-0.39, 0.29) is 24.9 Å². The van der Waals surface area contributed by atoms with Crippen molar-refractivity contribution in [2.45, 2.75) is 45.3 Å². The third kappa shape index (κ3) is 5.58. The Kier molecular flexibility index (Phi) is 8.17. The van der Waals surface area contributed by atoms with E-state index in [1.165, 1.54) is 0 Å². The van der Waals surface area contributed by atoms with Crippen molar-refractivity contribution in [2.24, 2.45) is 5.73 Å². The highest BCUT2D eigenvalue weighted by Crippen LogP contribution is 2.45. The number of hydrogen-bond acceptors (Lipinski definition) is 5. The molecular formula is C30H34ClN3O4. The van der Waals surface area contributed by atoms with Crippen LogP contribution in [0.1, 0.15) is 48.6 Å². The fourth-order valence-electron chi connectivity index (χ4n) is 4.80. The fourth-order valence-corrected chi connectivity index (χ4v) is 5.00. The first-order valence-electron chi connectivity index (χ1n) is 12.7. The molecule has 8 heteroatoms. The van der Waals surface area contributed by atoms with Crippen LogP contribution in [0.2, 0.25) is 5.02 Å². The summed E-state index contributed by atoms with van der Waals surface area (Å²) in [7, 11) is 5.53. The van der Waals surface area contributed by atoms with Crippen LogP contribution in [0.4, 0.5) is 11.4 Å². The predicted molar refractivity (Wildman–Crippen MR) is 152 cm³/mol. The average molecular weight is 536 g/mol. The number of nitrogens with zero attached hydrogens (tertiary/aromatic N) is 2. The smallest absolute Gasteiger partial charge is 0.232 e. The zero-order chi connectivity index (χ0) is 27.6. The van der Waals surface area contributed by atoms with Gasteiger partial charge in [-0.05, 0) is 84.1 Å². The maximum absolute atomic E-state index is 13.8.